The summed E-state index contributed by atoms with van der Waals surface area (Å²) in [5.74, 6) is 0.236. The molecule has 0 aromatic heterocycles. The monoisotopic (exact) mass is 320 g/mol. The predicted molar refractivity (Wildman–Crippen MR) is 82.5 cm³/mol. The smallest absolute Gasteiger partial charge is 0.422 e. The Morgan fingerprint density at radius 1 is 1.24 bits per heavy atom. The maximum Gasteiger partial charge on any atom is 0.422 e. The van der Waals surface area contributed by atoms with Crippen molar-refractivity contribution in [1.82, 2.24) is 9.44 Å². The first-order valence-electron chi connectivity index (χ1n) is 6.58. The molecule has 0 saturated heterocycles. The lowest BCUT2D eigenvalue weighted by Crippen LogP contribution is -2.41. The number of nitrogens with zero attached hydrogens (tertiary/aromatic N) is 1. The molecule has 0 saturated carbocycles. The van der Waals surface area contributed by atoms with E-state index in [1.165, 1.54) is 6.20 Å². The Bertz CT molecular complexity index is 524. The van der Waals surface area contributed by atoms with E-state index in [1.807, 2.05) is 32.5 Å². The molecule has 0 aromatic rings. The Balaban J connectivity index is 4.71. The summed E-state index contributed by atoms with van der Waals surface area (Å²) in [5.41, 5.74) is 0.175. The van der Waals surface area contributed by atoms with Gasteiger partial charge >= 0.3 is 16.3 Å². The number of allylic oxidation sites excluding steroid dienone is 1. The van der Waals surface area contributed by atoms with Gasteiger partial charge in [0.25, 0.3) is 0 Å². The summed E-state index contributed by atoms with van der Waals surface area (Å²) < 4.78 is 34.0. The third-order valence-corrected chi connectivity index (χ3v) is 3.08. The van der Waals surface area contributed by atoms with Crippen molar-refractivity contribution in [3.63, 3.8) is 0 Å². The average Bonchev–Trinajstić information content (AvgIpc) is 2.18. The number of amides is 1. The van der Waals surface area contributed by atoms with Gasteiger partial charge in [-0.3, -0.25) is 4.72 Å². The van der Waals surface area contributed by atoms with E-state index in [2.05, 4.69) is 4.72 Å². The molecule has 8 heteroatoms. The normalized spacial score (nSPS) is 12.4. The minimum absolute atomic E-state index is 0.236. The van der Waals surface area contributed by atoms with Crippen molar-refractivity contribution in [1.29, 1.82) is 0 Å². The molecule has 0 spiro atoms. The van der Waals surface area contributed by atoms with Crippen LogP contribution in [0, 0.1) is 5.92 Å². The minimum atomic E-state index is -3.99. The fourth-order valence-electron chi connectivity index (χ4n) is 1.50. The third kappa shape index (κ3) is 9.06. The van der Waals surface area contributed by atoms with Crippen LogP contribution in [0.4, 0.5) is 4.79 Å². The van der Waals surface area contributed by atoms with Crippen molar-refractivity contribution in [2.75, 3.05) is 14.1 Å². The number of carbonyl (C=O) groups excluding carboxylic acids is 1. The predicted octanol–water partition coefficient (Wildman–Crippen LogP) is 1.23. The topological polar surface area (TPSA) is 87.5 Å². The standard InChI is InChI=1S/C13H25N3O4S/c1-10(2)11(16(6)7)8-9-14-21(18,19)15-12(17)20-13(3,4)5/h8-10H,1-7H3,(H,15,17)/p+1. The Kier molecular flexibility index (Phi) is 6.89. The van der Waals surface area contributed by atoms with Crippen molar-refractivity contribution in [3.05, 3.63) is 12.3 Å². The van der Waals surface area contributed by atoms with Gasteiger partial charge in [-0.15, -0.1) is 0 Å². The Morgan fingerprint density at radius 3 is 2.14 bits per heavy atom. The Morgan fingerprint density at radius 2 is 1.76 bits per heavy atom. The van der Waals surface area contributed by atoms with Gasteiger partial charge in [-0.2, -0.15) is 8.42 Å². The lowest BCUT2D eigenvalue weighted by molar-refractivity contribution is -0.466. The van der Waals surface area contributed by atoms with Crippen LogP contribution in [-0.2, 0) is 14.9 Å². The highest BCUT2D eigenvalue weighted by molar-refractivity contribution is 7.88. The number of hydrogen-bond acceptors (Lipinski definition) is 4. The van der Waals surface area contributed by atoms with Crippen LogP contribution in [0.2, 0.25) is 0 Å². The summed E-state index contributed by atoms with van der Waals surface area (Å²) in [5, 5.41) is 0. The van der Waals surface area contributed by atoms with Gasteiger partial charge in [0.15, 0.2) is 5.71 Å². The van der Waals surface area contributed by atoms with E-state index in [0.29, 0.717) is 0 Å². The molecule has 0 aliphatic rings. The molecule has 2 N–H and O–H groups in total. The van der Waals surface area contributed by atoms with Gasteiger partial charge in [0.1, 0.15) is 19.7 Å². The van der Waals surface area contributed by atoms with E-state index in [9.17, 15) is 13.2 Å². The third-order valence-electron chi connectivity index (χ3n) is 2.20. The van der Waals surface area contributed by atoms with Gasteiger partial charge in [0, 0.05) is 18.2 Å². The summed E-state index contributed by atoms with van der Waals surface area (Å²) in [7, 11) is -0.257. The van der Waals surface area contributed by atoms with Crippen LogP contribution in [0.25, 0.3) is 0 Å². The lowest BCUT2D eigenvalue weighted by Gasteiger charge is -2.19. The summed E-state index contributed by atoms with van der Waals surface area (Å²) in [6.45, 7) is 8.93. The van der Waals surface area contributed by atoms with Gasteiger partial charge in [-0.1, -0.05) is 13.8 Å². The zero-order valence-electron chi connectivity index (χ0n) is 13.7. The summed E-state index contributed by atoms with van der Waals surface area (Å²) in [6, 6.07) is 0. The number of hydrogen-bond donors (Lipinski definition) is 2. The van der Waals surface area contributed by atoms with Crippen molar-refractivity contribution < 1.29 is 22.5 Å². The molecule has 0 heterocycles. The van der Waals surface area contributed by atoms with Crippen LogP contribution in [0.3, 0.4) is 0 Å². The Labute approximate surface area is 127 Å². The SMILES string of the molecule is CC(C)C(/C=C\NS(=O)(=O)NC(=O)OC(C)(C)C)=[N+](C)C. The van der Waals surface area contributed by atoms with E-state index in [-0.39, 0.29) is 5.92 Å². The highest BCUT2D eigenvalue weighted by Gasteiger charge is 2.20. The van der Waals surface area contributed by atoms with Crippen molar-refractivity contribution in [2.45, 2.75) is 40.2 Å². The molecule has 21 heavy (non-hydrogen) atoms. The number of nitrogens with one attached hydrogen (secondary N) is 2. The molecule has 0 atom stereocenters. The second-order valence-corrected chi connectivity index (χ2v) is 7.48. The fourth-order valence-corrected chi connectivity index (χ4v) is 2.07. The first kappa shape index (κ1) is 19.4. The highest BCUT2D eigenvalue weighted by Crippen LogP contribution is 2.06. The molecule has 0 bridgehead atoms. The molecule has 0 fully saturated rings. The number of rotatable bonds is 5. The molecule has 0 aliphatic heterocycles. The summed E-state index contributed by atoms with van der Waals surface area (Å²) in [6.07, 6.45) is 1.88. The molecule has 0 radical (unpaired) electrons. The van der Waals surface area contributed by atoms with E-state index in [4.69, 9.17) is 4.74 Å². The fraction of sp³-hybridized carbons (Fsp3) is 0.692. The average molecular weight is 320 g/mol. The second kappa shape index (κ2) is 7.44. The second-order valence-electron chi connectivity index (χ2n) is 6.03. The minimum Gasteiger partial charge on any atom is -0.443 e. The van der Waals surface area contributed by atoms with Crippen LogP contribution < -0.4 is 9.44 Å². The maximum absolute atomic E-state index is 11.7. The van der Waals surface area contributed by atoms with Crippen LogP contribution >= 0.6 is 0 Å². The molecular weight excluding hydrogens is 294 g/mol. The van der Waals surface area contributed by atoms with Gasteiger partial charge < -0.3 is 4.74 Å². The first-order valence-corrected chi connectivity index (χ1v) is 8.06. The van der Waals surface area contributed by atoms with E-state index < -0.39 is 21.9 Å². The summed E-state index contributed by atoms with van der Waals surface area (Å²) in [4.78, 5) is 11.4. The molecule has 1 amide bonds. The Hall–Kier alpha value is -1.57. The molecule has 122 valence electrons. The van der Waals surface area contributed by atoms with Crippen LogP contribution in [0.15, 0.2) is 12.3 Å². The lowest BCUT2D eigenvalue weighted by atomic mass is 10.1. The van der Waals surface area contributed by atoms with E-state index in [1.54, 1.807) is 31.6 Å². The number of ether oxygens (including phenoxy) is 1. The molecular formula is C13H26N3O4S+. The van der Waals surface area contributed by atoms with Crippen LogP contribution in [0.5, 0.6) is 0 Å². The van der Waals surface area contributed by atoms with E-state index >= 15 is 0 Å². The molecule has 0 rings (SSSR count). The molecule has 0 aromatic carbocycles. The molecule has 0 aliphatic carbocycles. The van der Waals surface area contributed by atoms with Crippen LogP contribution in [0.1, 0.15) is 34.6 Å². The van der Waals surface area contributed by atoms with Gasteiger partial charge in [-0.05, 0) is 20.8 Å². The van der Waals surface area contributed by atoms with Gasteiger partial charge in [0.05, 0.1) is 0 Å². The zero-order valence-corrected chi connectivity index (χ0v) is 14.5. The highest BCUT2D eigenvalue weighted by atomic mass is 32.2. The van der Waals surface area contributed by atoms with Gasteiger partial charge in [0.2, 0.25) is 0 Å². The number of carbonyl (C=O) groups is 1. The largest absolute Gasteiger partial charge is 0.443 e. The maximum atomic E-state index is 11.7. The zero-order chi connectivity index (χ0) is 16.8. The van der Waals surface area contributed by atoms with Gasteiger partial charge in [-0.25, -0.2) is 14.1 Å². The molecule has 7 nitrogen and oxygen atoms in total. The van der Waals surface area contributed by atoms with Crippen molar-refractivity contribution in [3.8, 4) is 0 Å². The van der Waals surface area contributed by atoms with Crippen molar-refractivity contribution >= 4 is 22.0 Å². The van der Waals surface area contributed by atoms with Crippen molar-refractivity contribution in [2.24, 2.45) is 5.92 Å². The van der Waals surface area contributed by atoms with Crippen LogP contribution in [-0.4, -0.2) is 44.5 Å². The quantitative estimate of drug-likeness (QED) is 0.589. The van der Waals surface area contributed by atoms with E-state index in [0.717, 1.165) is 5.71 Å². The first-order chi connectivity index (χ1) is 9.34. The molecule has 0 unspecified atom stereocenters. The summed E-state index contributed by atoms with van der Waals surface area (Å²) >= 11 is 0.